The number of amides is 2. The Morgan fingerprint density at radius 2 is 1.78 bits per heavy atom. The summed E-state index contributed by atoms with van der Waals surface area (Å²) in [5.74, 6) is 1.14. The molecule has 0 spiro atoms. The highest BCUT2D eigenvalue weighted by Crippen LogP contribution is 2.32. The van der Waals surface area contributed by atoms with Gasteiger partial charge in [0.2, 0.25) is 0 Å². The molecule has 0 radical (unpaired) electrons. The minimum absolute atomic E-state index is 0.0653. The minimum atomic E-state index is -0.469. The van der Waals surface area contributed by atoms with Gasteiger partial charge >= 0.3 is 6.03 Å². The van der Waals surface area contributed by atoms with E-state index in [2.05, 4.69) is 20.6 Å². The molecule has 214 valence electrons. The van der Waals surface area contributed by atoms with Crippen molar-refractivity contribution in [1.29, 1.82) is 0 Å². The molecule has 1 saturated heterocycles. The number of nitrogens with one attached hydrogen (secondary N) is 2. The number of morpholine rings is 1. The number of ether oxygens (including phenoxy) is 2. The Labute approximate surface area is 238 Å². The molecular formula is C30H34N6O5. The Bertz CT molecular complexity index is 1550. The van der Waals surface area contributed by atoms with Gasteiger partial charge in [-0.15, -0.1) is 0 Å². The van der Waals surface area contributed by atoms with Crippen LogP contribution in [0.4, 0.5) is 22.0 Å². The Kier molecular flexibility index (Phi) is 8.18. The third-order valence-electron chi connectivity index (χ3n) is 6.91. The number of benzene rings is 3. The zero-order valence-corrected chi connectivity index (χ0v) is 23.4. The highest BCUT2D eigenvalue weighted by atomic mass is 16.6. The topological polar surface area (TPSA) is 124 Å². The fraction of sp³-hybridized carbons (Fsp3) is 0.333. The van der Waals surface area contributed by atoms with Gasteiger partial charge in [-0.2, -0.15) is 5.10 Å². The van der Waals surface area contributed by atoms with Crippen LogP contribution in [0.25, 0.3) is 16.5 Å². The number of nitro groups is 1. The predicted octanol–water partition coefficient (Wildman–Crippen LogP) is 5.59. The van der Waals surface area contributed by atoms with Crippen LogP contribution in [-0.2, 0) is 10.2 Å². The second-order valence-corrected chi connectivity index (χ2v) is 10.9. The van der Waals surface area contributed by atoms with Gasteiger partial charge in [0.1, 0.15) is 18.2 Å². The zero-order valence-electron chi connectivity index (χ0n) is 23.4. The molecule has 0 atom stereocenters. The molecule has 11 heteroatoms. The van der Waals surface area contributed by atoms with Gasteiger partial charge in [0.25, 0.3) is 5.69 Å². The van der Waals surface area contributed by atoms with Crippen LogP contribution in [0.1, 0.15) is 26.5 Å². The van der Waals surface area contributed by atoms with Crippen molar-refractivity contribution in [1.82, 2.24) is 14.7 Å². The highest BCUT2D eigenvalue weighted by Gasteiger charge is 2.22. The van der Waals surface area contributed by atoms with Crippen LogP contribution in [0.15, 0.2) is 66.7 Å². The monoisotopic (exact) mass is 558 g/mol. The lowest BCUT2D eigenvalue weighted by Crippen LogP contribution is -2.38. The number of hydrogen-bond acceptors (Lipinski definition) is 7. The molecule has 5 rings (SSSR count). The average Bonchev–Trinajstić information content (AvgIpc) is 3.39. The molecule has 0 aliphatic carbocycles. The SMILES string of the molecule is CC(C)(C)c1cc(NC(=O)Nc2ccc(OCCN3CCOCC3)c3ccccc23)n(-c2cccc([N+](=O)[O-])c2)n1. The van der Waals surface area contributed by atoms with Gasteiger partial charge in [-0.3, -0.25) is 20.3 Å². The van der Waals surface area contributed by atoms with E-state index in [-0.39, 0.29) is 11.1 Å². The molecule has 2 heterocycles. The standard InChI is InChI=1S/C30H34N6O5/c1-30(2,3)27-20-28(35(33-27)21-7-6-8-22(19-21)36(38)39)32-29(37)31-25-11-12-26(24-10-5-4-9-23(24)25)41-18-15-34-13-16-40-17-14-34/h4-12,19-20H,13-18H2,1-3H3,(H2,31,32,37). The van der Waals surface area contributed by atoms with Gasteiger partial charge in [0.05, 0.1) is 35.2 Å². The molecule has 1 fully saturated rings. The fourth-order valence-electron chi connectivity index (χ4n) is 4.66. The summed E-state index contributed by atoms with van der Waals surface area (Å²) < 4.78 is 13.1. The van der Waals surface area contributed by atoms with E-state index < -0.39 is 11.0 Å². The lowest BCUT2D eigenvalue weighted by Gasteiger charge is -2.26. The zero-order chi connectivity index (χ0) is 29.0. The lowest BCUT2D eigenvalue weighted by molar-refractivity contribution is -0.384. The average molecular weight is 559 g/mol. The van der Waals surface area contributed by atoms with Crippen molar-refractivity contribution in [2.24, 2.45) is 0 Å². The normalized spacial score (nSPS) is 14.1. The smallest absolute Gasteiger partial charge is 0.324 e. The van der Waals surface area contributed by atoms with E-state index in [1.807, 2.05) is 57.2 Å². The maximum absolute atomic E-state index is 13.3. The summed E-state index contributed by atoms with van der Waals surface area (Å²) in [7, 11) is 0. The molecule has 4 aromatic rings. The first kappa shape index (κ1) is 28.1. The van der Waals surface area contributed by atoms with Crippen LogP contribution in [0.2, 0.25) is 0 Å². The molecule has 2 amide bonds. The first-order valence-electron chi connectivity index (χ1n) is 13.6. The highest BCUT2D eigenvalue weighted by molar-refractivity contribution is 6.07. The molecule has 2 N–H and O–H groups in total. The van der Waals surface area contributed by atoms with Crippen LogP contribution in [0, 0.1) is 10.1 Å². The number of anilines is 2. The van der Waals surface area contributed by atoms with Gasteiger partial charge in [-0.05, 0) is 18.2 Å². The molecule has 41 heavy (non-hydrogen) atoms. The summed E-state index contributed by atoms with van der Waals surface area (Å²) in [6.45, 7) is 10.7. The number of nitrogens with zero attached hydrogens (tertiary/aromatic N) is 4. The summed E-state index contributed by atoms with van der Waals surface area (Å²) in [6, 6.07) is 18.9. The second-order valence-electron chi connectivity index (χ2n) is 10.9. The van der Waals surface area contributed by atoms with Crippen molar-refractivity contribution >= 4 is 34.0 Å². The molecule has 1 aliphatic rings. The van der Waals surface area contributed by atoms with Gasteiger partial charge in [-0.25, -0.2) is 9.48 Å². The number of carbonyl (C=O) groups is 1. The van der Waals surface area contributed by atoms with Crippen molar-refractivity contribution in [3.63, 3.8) is 0 Å². The number of urea groups is 1. The van der Waals surface area contributed by atoms with Crippen LogP contribution < -0.4 is 15.4 Å². The molecule has 0 bridgehead atoms. The van der Waals surface area contributed by atoms with E-state index in [9.17, 15) is 14.9 Å². The number of carbonyl (C=O) groups excluding carboxylic acids is 1. The minimum Gasteiger partial charge on any atom is -0.492 e. The maximum Gasteiger partial charge on any atom is 0.324 e. The van der Waals surface area contributed by atoms with E-state index in [4.69, 9.17) is 9.47 Å². The van der Waals surface area contributed by atoms with Gasteiger partial charge in [-0.1, -0.05) is 51.1 Å². The summed E-state index contributed by atoms with van der Waals surface area (Å²) in [5.41, 5.74) is 1.44. The third-order valence-corrected chi connectivity index (χ3v) is 6.91. The van der Waals surface area contributed by atoms with Crippen molar-refractivity contribution in [3.05, 3.63) is 82.5 Å². The van der Waals surface area contributed by atoms with E-state index in [0.29, 0.717) is 23.8 Å². The number of aromatic nitrogens is 2. The van der Waals surface area contributed by atoms with Gasteiger partial charge in [0.15, 0.2) is 0 Å². The first-order valence-corrected chi connectivity index (χ1v) is 13.6. The number of nitro benzene ring substituents is 1. The van der Waals surface area contributed by atoms with Gasteiger partial charge < -0.3 is 14.8 Å². The van der Waals surface area contributed by atoms with Crippen LogP contribution in [0.3, 0.4) is 0 Å². The Morgan fingerprint density at radius 1 is 1.02 bits per heavy atom. The predicted molar refractivity (Wildman–Crippen MR) is 158 cm³/mol. The molecular weight excluding hydrogens is 524 g/mol. The van der Waals surface area contributed by atoms with Crippen LogP contribution >= 0.6 is 0 Å². The summed E-state index contributed by atoms with van der Waals surface area (Å²) >= 11 is 0. The van der Waals surface area contributed by atoms with Crippen molar-refractivity contribution < 1.29 is 19.2 Å². The lowest BCUT2D eigenvalue weighted by atomic mass is 9.92. The van der Waals surface area contributed by atoms with Gasteiger partial charge in [0, 0.05) is 54.0 Å². The maximum atomic E-state index is 13.3. The summed E-state index contributed by atoms with van der Waals surface area (Å²) in [5, 5.41) is 23.6. The van der Waals surface area contributed by atoms with E-state index in [1.54, 1.807) is 18.2 Å². The van der Waals surface area contributed by atoms with Crippen molar-refractivity contribution in [3.8, 4) is 11.4 Å². The fourth-order valence-corrected chi connectivity index (χ4v) is 4.66. The Balaban J connectivity index is 1.35. The quantitative estimate of drug-likeness (QED) is 0.214. The number of non-ortho nitro benzene ring substituents is 1. The molecule has 3 aromatic carbocycles. The molecule has 1 aromatic heterocycles. The molecule has 0 unspecified atom stereocenters. The van der Waals surface area contributed by atoms with E-state index >= 15 is 0 Å². The van der Waals surface area contributed by atoms with Crippen molar-refractivity contribution in [2.75, 3.05) is 50.1 Å². The second kappa shape index (κ2) is 11.9. The molecule has 1 aliphatic heterocycles. The summed E-state index contributed by atoms with van der Waals surface area (Å²) in [4.78, 5) is 26.5. The largest absolute Gasteiger partial charge is 0.492 e. The number of hydrogen-bond donors (Lipinski definition) is 2. The third kappa shape index (κ3) is 6.64. The van der Waals surface area contributed by atoms with Crippen LogP contribution in [-0.4, -0.2) is 65.1 Å². The molecule has 11 nitrogen and oxygen atoms in total. The Hall–Kier alpha value is -4.48. The number of rotatable bonds is 8. The number of fused-ring (bicyclic) bond motifs is 1. The van der Waals surface area contributed by atoms with E-state index in [0.717, 1.165) is 55.1 Å². The van der Waals surface area contributed by atoms with E-state index in [1.165, 1.54) is 16.8 Å². The Morgan fingerprint density at radius 3 is 2.51 bits per heavy atom. The first-order chi connectivity index (χ1) is 19.7. The summed E-state index contributed by atoms with van der Waals surface area (Å²) in [6.07, 6.45) is 0. The van der Waals surface area contributed by atoms with Crippen molar-refractivity contribution in [2.45, 2.75) is 26.2 Å². The molecule has 0 saturated carbocycles. The van der Waals surface area contributed by atoms with Crippen LogP contribution in [0.5, 0.6) is 5.75 Å².